The molecule has 32 heavy (non-hydrogen) atoms. The van der Waals surface area contributed by atoms with Crippen molar-refractivity contribution in [3.63, 3.8) is 0 Å². The molecule has 10 heteroatoms. The second-order valence-corrected chi connectivity index (χ2v) is 8.03. The normalized spacial score (nSPS) is 12.7. The highest BCUT2D eigenvalue weighted by Gasteiger charge is 2.27. The lowest BCUT2D eigenvalue weighted by Crippen LogP contribution is -2.10. The summed E-state index contributed by atoms with van der Waals surface area (Å²) in [4.78, 5) is 22.1. The number of aryl methyl sites for hydroxylation is 1. The average Bonchev–Trinajstić information content (AvgIpc) is 2.76. The molecular formula is C22H16Cl2N2O6. The van der Waals surface area contributed by atoms with Gasteiger partial charge in [0.15, 0.2) is 11.5 Å². The number of nitrogens with zero attached hydrogens (tertiary/aromatic N) is 1. The van der Waals surface area contributed by atoms with E-state index in [4.69, 9.17) is 27.9 Å². The number of hydrogen-bond donors (Lipinski definition) is 3. The van der Waals surface area contributed by atoms with Crippen LogP contribution in [-0.4, -0.2) is 21.1 Å². The third-order valence-electron chi connectivity index (χ3n) is 5.09. The maximum atomic E-state index is 11.6. The number of anilines is 2. The number of hydrogen-bond acceptors (Lipinski definition) is 6. The van der Waals surface area contributed by atoms with Crippen molar-refractivity contribution in [2.75, 3.05) is 5.32 Å². The SMILES string of the molecule is O=C(O)c1cc([N+](=O)[O-])cc2c1Nc1ccc(CCC(O)c3ccc(Cl)c(Cl)c3)cc1O2. The summed E-state index contributed by atoms with van der Waals surface area (Å²) in [6, 6.07) is 12.4. The van der Waals surface area contributed by atoms with E-state index in [9.17, 15) is 25.1 Å². The first kappa shape index (κ1) is 21.9. The summed E-state index contributed by atoms with van der Waals surface area (Å²) in [7, 11) is 0. The summed E-state index contributed by atoms with van der Waals surface area (Å²) in [5, 5.41) is 34.8. The molecule has 0 aromatic heterocycles. The fourth-order valence-electron chi connectivity index (χ4n) is 3.44. The summed E-state index contributed by atoms with van der Waals surface area (Å²) in [6.07, 6.45) is 0.177. The maximum absolute atomic E-state index is 11.6. The number of fused-ring (bicyclic) bond motifs is 2. The van der Waals surface area contributed by atoms with E-state index in [1.54, 1.807) is 30.3 Å². The Morgan fingerprint density at radius 2 is 1.88 bits per heavy atom. The van der Waals surface area contributed by atoms with Gasteiger partial charge in [-0.1, -0.05) is 35.3 Å². The van der Waals surface area contributed by atoms with Gasteiger partial charge in [0.2, 0.25) is 0 Å². The summed E-state index contributed by atoms with van der Waals surface area (Å²) < 4.78 is 5.80. The van der Waals surface area contributed by atoms with Crippen LogP contribution >= 0.6 is 23.2 Å². The zero-order chi connectivity index (χ0) is 23.0. The molecule has 3 aromatic carbocycles. The predicted octanol–water partition coefficient (Wildman–Crippen LogP) is 6.12. The molecule has 0 aliphatic carbocycles. The molecule has 0 saturated carbocycles. The van der Waals surface area contributed by atoms with E-state index in [0.717, 1.165) is 11.6 Å². The van der Waals surface area contributed by atoms with Gasteiger partial charge < -0.3 is 20.3 Å². The number of rotatable bonds is 6. The van der Waals surface area contributed by atoms with E-state index in [2.05, 4.69) is 5.32 Å². The number of carbonyl (C=O) groups is 1. The van der Waals surface area contributed by atoms with Crippen LogP contribution in [-0.2, 0) is 6.42 Å². The van der Waals surface area contributed by atoms with Gasteiger partial charge in [-0.25, -0.2) is 4.79 Å². The number of carboxylic acid groups (broad SMARTS) is 1. The molecule has 1 heterocycles. The Morgan fingerprint density at radius 3 is 2.56 bits per heavy atom. The van der Waals surface area contributed by atoms with E-state index in [1.165, 1.54) is 6.07 Å². The lowest BCUT2D eigenvalue weighted by molar-refractivity contribution is -0.384. The molecule has 3 aromatic rings. The van der Waals surface area contributed by atoms with Gasteiger partial charge in [-0.05, 0) is 48.2 Å². The standard InChI is InChI=1S/C22H16Cl2N2O6/c23-15-4-3-12(8-16(15)24)18(27)6-2-11-1-5-17-19(7-11)32-20-10-13(26(30)31)9-14(22(28)29)21(20)25-17/h1,3-5,7-10,18,25,27H,2,6H2,(H,28,29). The number of ether oxygens (including phenoxy) is 1. The van der Waals surface area contributed by atoms with Gasteiger partial charge >= 0.3 is 5.97 Å². The molecule has 0 fully saturated rings. The molecule has 1 aliphatic rings. The van der Waals surface area contributed by atoms with Crippen LogP contribution in [0.1, 0.15) is 34.0 Å². The Kier molecular flexibility index (Phi) is 5.92. The molecule has 1 unspecified atom stereocenters. The number of benzene rings is 3. The maximum Gasteiger partial charge on any atom is 0.338 e. The number of nitro benzene ring substituents is 1. The number of aliphatic hydroxyl groups excluding tert-OH is 1. The number of nitrogens with one attached hydrogen (secondary N) is 1. The number of aromatic carboxylic acids is 1. The molecule has 0 radical (unpaired) electrons. The van der Waals surface area contributed by atoms with Gasteiger partial charge in [-0.3, -0.25) is 10.1 Å². The molecule has 3 N–H and O–H groups in total. The quantitative estimate of drug-likeness (QED) is 0.227. The minimum Gasteiger partial charge on any atom is -0.478 e. The molecule has 0 saturated heterocycles. The molecule has 0 amide bonds. The number of nitro groups is 1. The smallest absolute Gasteiger partial charge is 0.338 e. The Hall–Kier alpha value is -3.33. The van der Waals surface area contributed by atoms with Crippen LogP contribution < -0.4 is 10.1 Å². The third-order valence-corrected chi connectivity index (χ3v) is 5.83. The minimum atomic E-state index is -1.31. The fraction of sp³-hybridized carbons (Fsp3) is 0.136. The van der Waals surface area contributed by atoms with Gasteiger partial charge in [-0.2, -0.15) is 0 Å². The van der Waals surface area contributed by atoms with Crippen molar-refractivity contribution in [2.24, 2.45) is 0 Å². The van der Waals surface area contributed by atoms with Crippen LogP contribution in [0, 0.1) is 10.1 Å². The van der Waals surface area contributed by atoms with Crippen LogP contribution in [0.25, 0.3) is 0 Å². The van der Waals surface area contributed by atoms with Crippen LogP contribution in [0.4, 0.5) is 17.1 Å². The van der Waals surface area contributed by atoms with Crippen LogP contribution in [0.3, 0.4) is 0 Å². The van der Waals surface area contributed by atoms with Crippen molar-refractivity contribution in [3.8, 4) is 11.5 Å². The largest absolute Gasteiger partial charge is 0.478 e. The monoisotopic (exact) mass is 474 g/mol. The summed E-state index contributed by atoms with van der Waals surface area (Å²) >= 11 is 11.9. The van der Waals surface area contributed by atoms with Crippen LogP contribution in [0.2, 0.25) is 10.0 Å². The Morgan fingerprint density at radius 1 is 1.09 bits per heavy atom. The summed E-state index contributed by atoms with van der Waals surface area (Å²) in [5.41, 5.74) is 1.55. The number of aliphatic hydroxyl groups is 1. The molecule has 164 valence electrons. The molecule has 1 aliphatic heterocycles. The summed E-state index contributed by atoms with van der Waals surface area (Å²) in [5.74, 6) is -0.856. The third kappa shape index (κ3) is 4.34. The Bertz CT molecular complexity index is 1250. The minimum absolute atomic E-state index is 0.0529. The zero-order valence-electron chi connectivity index (χ0n) is 16.3. The van der Waals surface area contributed by atoms with Crippen molar-refractivity contribution in [2.45, 2.75) is 18.9 Å². The molecule has 0 spiro atoms. The Labute approximate surface area is 192 Å². The lowest BCUT2D eigenvalue weighted by atomic mass is 10.0. The van der Waals surface area contributed by atoms with Crippen molar-refractivity contribution < 1.29 is 24.7 Å². The highest BCUT2D eigenvalue weighted by atomic mass is 35.5. The number of non-ortho nitro benzene ring substituents is 1. The number of halogens is 2. The van der Waals surface area contributed by atoms with E-state index >= 15 is 0 Å². The van der Waals surface area contributed by atoms with Crippen LogP contribution in [0.5, 0.6) is 11.5 Å². The van der Waals surface area contributed by atoms with Gasteiger partial charge in [-0.15, -0.1) is 0 Å². The molecule has 8 nitrogen and oxygen atoms in total. The molecular weight excluding hydrogens is 459 g/mol. The molecule has 0 bridgehead atoms. The van der Waals surface area contributed by atoms with E-state index in [-0.39, 0.29) is 22.7 Å². The van der Waals surface area contributed by atoms with Gasteiger partial charge in [0.05, 0.1) is 44.1 Å². The van der Waals surface area contributed by atoms with Crippen molar-refractivity contribution in [1.82, 2.24) is 0 Å². The summed E-state index contributed by atoms with van der Waals surface area (Å²) in [6.45, 7) is 0. The highest BCUT2D eigenvalue weighted by Crippen LogP contribution is 2.46. The topological polar surface area (TPSA) is 122 Å². The van der Waals surface area contributed by atoms with Crippen LogP contribution in [0.15, 0.2) is 48.5 Å². The first-order valence-electron chi connectivity index (χ1n) is 9.49. The second-order valence-electron chi connectivity index (χ2n) is 7.21. The van der Waals surface area contributed by atoms with Gasteiger partial charge in [0, 0.05) is 6.07 Å². The van der Waals surface area contributed by atoms with Crippen molar-refractivity contribution in [3.05, 3.63) is 85.4 Å². The predicted molar refractivity (Wildman–Crippen MR) is 120 cm³/mol. The zero-order valence-corrected chi connectivity index (χ0v) is 17.9. The van der Waals surface area contributed by atoms with Crippen molar-refractivity contribution in [1.29, 1.82) is 0 Å². The molecule has 4 rings (SSSR count). The lowest BCUT2D eigenvalue weighted by Gasteiger charge is -2.23. The van der Waals surface area contributed by atoms with Crippen molar-refractivity contribution >= 4 is 46.2 Å². The Balaban J connectivity index is 1.54. The highest BCUT2D eigenvalue weighted by molar-refractivity contribution is 6.42. The van der Waals surface area contributed by atoms with Gasteiger partial charge in [0.25, 0.3) is 5.69 Å². The second kappa shape index (κ2) is 8.66. The first-order valence-corrected chi connectivity index (χ1v) is 10.2. The average molecular weight is 475 g/mol. The van der Waals surface area contributed by atoms with Gasteiger partial charge in [0.1, 0.15) is 0 Å². The van der Waals surface area contributed by atoms with E-state index in [1.807, 2.05) is 6.07 Å². The fourth-order valence-corrected chi connectivity index (χ4v) is 3.74. The molecule has 1 atom stereocenters. The number of carboxylic acids is 1. The van der Waals surface area contributed by atoms with E-state index < -0.39 is 17.0 Å². The first-order chi connectivity index (χ1) is 15.2. The van der Waals surface area contributed by atoms with E-state index in [0.29, 0.717) is 39.9 Å².